The Morgan fingerprint density at radius 2 is 1.77 bits per heavy atom. The molecule has 1 atom stereocenters. The number of amides is 1. The van der Waals surface area contributed by atoms with Crippen molar-refractivity contribution in [3.63, 3.8) is 0 Å². The summed E-state index contributed by atoms with van der Waals surface area (Å²) < 4.78 is 22.1. The smallest absolute Gasteiger partial charge is 0.407 e. The average molecular weight is 420 g/mol. The number of methoxy groups -OCH3 is 2. The quantitative estimate of drug-likeness (QED) is 0.650. The van der Waals surface area contributed by atoms with E-state index < -0.39 is 6.09 Å². The van der Waals surface area contributed by atoms with Gasteiger partial charge in [-0.25, -0.2) is 9.78 Å². The molecule has 1 amide bonds. The van der Waals surface area contributed by atoms with Gasteiger partial charge in [-0.2, -0.15) is 0 Å². The van der Waals surface area contributed by atoms with Gasteiger partial charge in [0, 0.05) is 12.0 Å². The molecule has 7 nitrogen and oxygen atoms in total. The molecule has 0 spiro atoms. The van der Waals surface area contributed by atoms with Crippen LogP contribution in [-0.2, 0) is 17.8 Å². The zero-order valence-corrected chi connectivity index (χ0v) is 17.5. The summed E-state index contributed by atoms with van der Waals surface area (Å²) in [6.07, 6.45) is 0.135. The number of pyridine rings is 1. The Morgan fingerprint density at radius 3 is 2.48 bits per heavy atom. The number of hydrogen-bond donors (Lipinski definition) is 1. The van der Waals surface area contributed by atoms with E-state index in [0.717, 1.165) is 16.7 Å². The minimum absolute atomic E-state index is 0.191. The summed E-state index contributed by atoms with van der Waals surface area (Å²) in [6, 6.07) is 18.8. The molecule has 7 heteroatoms. The monoisotopic (exact) mass is 420 g/mol. The minimum atomic E-state index is -0.468. The van der Waals surface area contributed by atoms with Crippen LogP contribution >= 0.6 is 0 Å². The maximum atomic E-state index is 12.1. The van der Waals surface area contributed by atoms with Crippen LogP contribution in [0.3, 0.4) is 0 Å². The van der Waals surface area contributed by atoms with Crippen LogP contribution in [0.15, 0.2) is 60.7 Å². The predicted molar refractivity (Wildman–Crippen MR) is 116 cm³/mol. The zero-order valence-electron chi connectivity index (χ0n) is 17.5. The number of alkyl carbamates (subject to hydrolysis) is 1. The maximum absolute atomic E-state index is 12.1. The van der Waals surface area contributed by atoms with E-state index in [0.29, 0.717) is 36.1 Å². The fraction of sp³-hybridized carbons (Fsp3) is 0.250. The second kappa shape index (κ2) is 9.38. The molecule has 0 saturated heterocycles. The van der Waals surface area contributed by atoms with Crippen molar-refractivity contribution in [3.8, 4) is 28.6 Å². The Labute approximate surface area is 180 Å². The molecule has 0 aliphatic carbocycles. The fourth-order valence-electron chi connectivity index (χ4n) is 3.52. The molecule has 1 N–H and O–H groups in total. The third kappa shape index (κ3) is 4.71. The van der Waals surface area contributed by atoms with Crippen LogP contribution < -0.4 is 19.5 Å². The topological polar surface area (TPSA) is 78.9 Å². The van der Waals surface area contributed by atoms with Gasteiger partial charge in [0.05, 0.1) is 31.5 Å². The van der Waals surface area contributed by atoms with E-state index in [9.17, 15) is 4.79 Å². The molecule has 2 heterocycles. The SMILES string of the molecule is COc1cccc(OC)c1-c1ccc2c(n1)OCC(NC(=O)OCc1ccccc1)C2. The van der Waals surface area contributed by atoms with Gasteiger partial charge in [0.2, 0.25) is 5.88 Å². The summed E-state index contributed by atoms with van der Waals surface area (Å²) >= 11 is 0. The van der Waals surface area contributed by atoms with Crippen molar-refractivity contribution in [2.75, 3.05) is 20.8 Å². The Kier molecular flexibility index (Phi) is 6.21. The van der Waals surface area contributed by atoms with Gasteiger partial charge in [-0.3, -0.25) is 0 Å². The molecule has 1 aromatic heterocycles. The van der Waals surface area contributed by atoms with E-state index in [4.69, 9.17) is 18.9 Å². The first-order valence-electron chi connectivity index (χ1n) is 9.99. The molecule has 160 valence electrons. The highest BCUT2D eigenvalue weighted by atomic mass is 16.5. The summed E-state index contributed by atoms with van der Waals surface area (Å²) in [7, 11) is 3.22. The number of nitrogens with zero attached hydrogens (tertiary/aromatic N) is 1. The molecule has 3 aromatic rings. The van der Waals surface area contributed by atoms with Crippen LogP contribution in [0.25, 0.3) is 11.3 Å². The highest BCUT2D eigenvalue weighted by Crippen LogP contribution is 2.38. The molecular formula is C24H24N2O5. The molecule has 0 radical (unpaired) electrons. The van der Waals surface area contributed by atoms with Crippen molar-refractivity contribution >= 4 is 6.09 Å². The van der Waals surface area contributed by atoms with Gasteiger partial charge in [0.25, 0.3) is 0 Å². The number of nitrogens with one attached hydrogen (secondary N) is 1. The van der Waals surface area contributed by atoms with Gasteiger partial charge in [0.1, 0.15) is 24.7 Å². The highest BCUT2D eigenvalue weighted by molar-refractivity contribution is 5.75. The number of aromatic nitrogens is 1. The van der Waals surface area contributed by atoms with Gasteiger partial charge < -0.3 is 24.3 Å². The number of rotatable bonds is 6. The van der Waals surface area contributed by atoms with Crippen molar-refractivity contribution in [1.29, 1.82) is 0 Å². The summed E-state index contributed by atoms with van der Waals surface area (Å²) in [5.74, 6) is 1.88. The third-order valence-corrected chi connectivity index (χ3v) is 5.05. The van der Waals surface area contributed by atoms with E-state index in [2.05, 4.69) is 10.3 Å². The van der Waals surface area contributed by atoms with Gasteiger partial charge in [-0.15, -0.1) is 0 Å². The number of benzene rings is 2. The van der Waals surface area contributed by atoms with Crippen LogP contribution in [0.4, 0.5) is 4.79 Å². The summed E-state index contributed by atoms with van der Waals surface area (Å²) in [4.78, 5) is 16.8. The number of fused-ring (bicyclic) bond motifs is 1. The van der Waals surface area contributed by atoms with Gasteiger partial charge in [0.15, 0.2) is 0 Å². The largest absolute Gasteiger partial charge is 0.496 e. The Hall–Kier alpha value is -3.74. The van der Waals surface area contributed by atoms with Crippen LogP contribution in [-0.4, -0.2) is 37.9 Å². The first-order valence-corrected chi connectivity index (χ1v) is 9.99. The van der Waals surface area contributed by atoms with Crippen LogP contribution in [0.1, 0.15) is 11.1 Å². The van der Waals surface area contributed by atoms with Crippen molar-refractivity contribution < 1.29 is 23.7 Å². The third-order valence-electron chi connectivity index (χ3n) is 5.05. The average Bonchev–Trinajstić information content (AvgIpc) is 2.82. The zero-order chi connectivity index (χ0) is 21.6. The molecule has 0 saturated carbocycles. The molecule has 0 bridgehead atoms. The van der Waals surface area contributed by atoms with Crippen LogP contribution in [0.5, 0.6) is 17.4 Å². The molecule has 1 unspecified atom stereocenters. The van der Waals surface area contributed by atoms with Crippen LogP contribution in [0, 0.1) is 0 Å². The molecule has 1 aliphatic heterocycles. The second-order valence-electron chi connectivity index (χ2n) is 7.12. The fourth-order valence-corrected chi connectivity index (χ4v) is 3.52. The second-order valence-corrected chi connectivity index (χ2v) is 7.12. The summed E-state index contributed by atoms with van der Waals surface area (Å²) in [5.41, 5.74) is 3.31. The Balaban J connectivity index is 1.43. The molecule has 1 aliphatic rings. The lowest BCUT2D eigenvalue weighted by molar-refractivity contribution is 0.128. The summed E-state index contributed by atoms with van der Waals surface area (Å²) in [5, 5.41) is 2.86. The molecule has 31 heavy (non-hydrogen) atoms. The van der Waals surface area contributed by atoms with Crippen LogP contribution in [0.2, 0.25) is 0 Å². The number of carbonyl (C=O) groups is 1. The van der Waals surface area contributed by atoms with E-state index in [1.54, 1.807) is 14.2 Å². The lowest BCUT2D eigenvalue weighted by Crippen LogP contribution is -2.43. The standard InChI is InChI=1S/C24H24N2O5/c1-28-20-9-6-10-21(29-2)22(20)19-12-11-17-13-18(15-30-23(17)26-19)25-24(27)31-14-16-7-4-3-5-8-16/h3-12,18H,13-15H2,1-2H3,(H,25,27). The first kappa shape index (κ1) is 20.5. The highest BCUT2D eigenvalue weighted by Gasteiger charge is 2.24. The van der Waals surface area contributed by atoms with Gasteiger partial charge in [-0.05, 0) is 23.8 Å². The number of carbonyl (C=O) groups excluding carboxylic acids is 1. The van der Waals surface area contributed by atoms with Gasteiger partial charge in [-0.1, -0.05) is 42.5 Å². The molecule has 0 fully saturated rings. The van der Waals surface area contributed by atoms with E-state index >= 15 is 0 Å². The van der Waals surface area contributed by atoms with Crippen molar-refractivity contribution in [2.45, 2.75) is 19.1 Å². The van der Waals surface area contributed by atoms with E-state index in [1.165, 1.54) is 0 Å². The Bertz CT molecular complexity index is 1030. The molecule has 4 rings (SSSR count). The minimum Gasteiger partial charge on any atom is -0.496 e. The lowest BCUT2D eigenvalue weighted by atomic mass is 10.0. The van der Waals surface area contributed by atoms with E-state index in [1.807, 2.05) is 60.7 Å². The van der Waals surface area contributed by atoms with Crippen molar-refractivity contribution in [3.05, 3.63) is 71.8 Å². The normalized spacial score (nSPS) is 14.7. The molecule has 2 aromatic carbocycles. The lowest BCUT2D eigenvalue weighted by Gasteiger charge is -2.25. The number of ether oxygens (including phenoxy) is 4. The van der Waals surface area contributed by atoms with Crippen molar-refractivity contribution in [1.82, 2.24) is 10.3 Å². The number of hydrogen-bond acceptors (Lipinski definition) is 6. The molecular weight excluding hydrogens is 396 g/mol. The first-order chi connectivity index (χ1) is 15.2. The van der Waals surface area contributed by atoms with Crippen molar-refractivity contribution in [2.24, 2.45) is 0 Å². The summed E-state index contributed by atoms with van der Waals surface area (Å²) in [6.45, 7) is 0.537. The maximum Gasteiger partial charge on any atom is 0.407 e. The van der Waals surface area contributed by atoms with Gasteiger partial charge >= 0.3 is 6.09 Å². The van der Waals surface area contributed by atoms with E-state index in [-0.39, 0.29) is 12.6 Å². The predicted octanol–water partition coefficient (Wildman–Crippen LogP) is 4.00. The Morgan fingerprint density at radius 1 is 1.03 bits per heavy atom.